The fourth-order valence-electron chi connectivity index (χ4n) is 3.55. The van der Waals surface area contributed by atoms with Gasteiger partial charge in [0.15, 0.2) is 0 Å². The van der Waals surface area contributed by atoms with E-state index in [0.29, 0.717) is 25.0 Å². The van der Waals surface area contributed by atoms with Gasteiger partial charge in [-0.05, 0) is 29.9 Å². The van der Waals surface area contributed by atoms with E-state index in [0.717, 1.165) is 11.3 Å². The Morgan fingerprint density at radius 3 is 2.64 bits per heavy atom. The van der Waals surface area contributed by atoms with Gasteiger partial charge in [0.1, 0.15) is 23.8 Å². The molecular formula is C25H37N3O6S2. The van der Waals surface area contributed by atoms with Crippen LogP contribution < -0.4 is 10.6 Å². The molecule has 3 amide bonds. The van der Waals surface area contributed by atoms with E-state index in [2.05, 4.69) is 24.5 Å². The maximum atomic E-state index is 12.7. The summed E-state index contributed by atoms with van der Waals surface area (Å²) < 4.78 is 17.8. The summed E-state index contributed by atoms with van der Waals surface area (Å²) in [6.07, 6.45) is 4.09. The van der Waals surface area contributed by atoms with Crippen molar-refractivity contribution < 1.29 is 28.1 Å². The minimum absolute atomic E-state index is 0.0259. The zero-order chi connectivity index (χ0) is 26.7. The second-order valence-electron chi connectivity index (χ2n) is 8.84. The molecule has 0 aromatic carbocycles. The van der Waals surface area contributed by atoms with Gasteiger partial charge in [-0.2, -0.15) is 0 Å². The van der Waals surface area contributed by atoms with E-state index in [1.165, 1.54) is 22.7 Å². The summed E-state index contributed by atoms with van der Waals surface area (Å²) in [6, 6.07) is 2.89. The van der Waals surface area contributed by atoms with Crippen LogP contribution in [0.1, 0.15) is 58.3 Å². The third-order valence-corrected chi connectivity index (χ3v) is 8.22. The Balaban J connectivity index is 0.00000145. The van der Waals surface area contributed by atoms with E-state index >= 15 is 0 Å². The van der Waals surface area contributed by atoms with Crippen molar-refractivity contribution in [3.8, 4) is 0 Å². The van der Waals surface area contributed by atoms with Crippen LogP contribution in [0.5, 0.6) is 0 Å². The lowest BCUT2D eigenvalue weighted by Crippen LogP contribution is -2.71. The summed E-state index contributed by atoms with van der Waals surface area (Å²) in [5.74, 6) is -0.258. The van der Waals surface area contributed by atoms with Crippen LogP contribution in [0.2, 0.25) is 0 Å². The first-order valence-corrected chi connectivity index (χ1v) is 14.6. The number of nitrogens with one attached hydrogen (secondary N) is 2. The first kappa shape index (κ1) is 29.7. The van der Waals surface area contributed by atoms with Crippen LogP contribution in [-0.4, -0.2) is 63.1 Å². The molecule has 2 aliphatic rings. The number of fused-ring (bicyclic) bond motifs is 1. The monoisotopic (exact) mass is 539 g/mol. The van der Waals surface area contributed by atoms with Crippen LogP contribution in [0.4, 0.5) is 4.79 Å². The molecule has 36 heavy (non-hydrogen) atoms. The smallest absolute Gasteiger partial charge is 0.407 e. The minimum atomic E-state index is -1.42. The number of rotatable bonds is 11. The second-order valence-corrected chi connectivity index (χ2v) is 11.4. The Kier molecular flexibility index (Phi) is 12.3. The van der Waals surface area contributed by atoms with Gasteiger partial charge in [-0.1, -0.05) is 40.2 Å². The van der Waals surface area contributed by atoms with Crippen LogP contribution in [0.3, 0.4) is 0 Å². The summed E-state index contributed by atoms with van der Waals surface area (Å²) in [6.45, 7) is 8.34. The summed E-state index contributed by atoms with van der Waals surface area (Å²) in [5.41, 5.74) is 0.559. The van der Waals surface area contributed by atoms with Gasteiger partial charge >= 0.3 is 6.09 Å². The molecule has 2 N–H and O–H groups in total. The highest BCUT2D eigenvalue weighted by atomic mass is 32.2. The molecule has 0 bridgehead atoms. The van der Waals surface area contributed by atoms with E-state index in [9.17, 15) is 23.4 Å². The Bertz CT molecular complexity index is 963. The molecule has 1 fully saturated rings. The van der Waals surface area contributed by atoms with Crippen molar-refractivity contribution in [1.82, 2.24) is 15.5 Å². The third-order valence-electron chi connectivity index (χ3n) is 5.65. The summed E-state index contributed by atoms with van der Waals surface area (Å²) in [5, 5.41) is 6.54. The molecule has 4 atom stereocenters. The maximum Gasteiger partial charge on any atom is 0.407 e. The summed E-state index contributed by atoms with van der Waals surface area (Å²) in [4.78, 5) is 50.6. The summed E-state index contributed by atoms with van der Waals surface area (Å²) in [7, 11) is -1.42. The van der Waals surface area contributed by atoms with Crippen LogP contribution in [0.15, 0.2) is 29.3 Å². The number of ketones is 1. The average molecular weight is 540 g/mol. The first-order valence-electron chi connectivity index (χ1n) is 12.4. The van der Waals surface area contributed by atoms with Crippen molar-refractivity contribution >= 4 is 45.8 Å². The van der Waals surface area contributed by atoms with Gasteiger partial charge in [-0.3, -0.25) is 23.5 Å². The van der Waals surface area contributed by atoms with Crippen molar-refractivity contribution in [2.75, 3.05) is 18.9 Å². The molecule has 1 saturated heterocycles. The molecule has 4 unspecified atom stereocenters. The predicted molar refractivity (Wildman–Crippen MR) is 141 cm³/mol. The number of carbonyl (C=O) groups is 4. The Morgan fingerprint density at radius 2 is 2.00 bits per heavy atom. The lowest BCUT2D eigenvalue weighted by molar-refractivity contribution is -0.145. The molecule has 3 heterocycles. The quantitative estimate of drug-likeness (QED) is 0.329. The first-order chi connectivity index (χ1) is 17.2. The van der Waals surface area contributed by atoms with Crippen molar-refractivity contribution in [2.45, 2.75) is 71.2 Å². The lowest BCUT2D eigenvalue weighted by atomic mass is 10.00. The van der Waals surface area contributed by atoms with Gasteiger partial charge < -0.3 is 15.4 Å². The van der Waals surface area contributed by atoms with Crippen LogP contribution in [0.25, 0.3) is 0 Å². The molecule has 1 aromatic heterocycles. The number of ether oxygens (including phenoxy) is 1. The van der Waals surface area contributed by atoms with Crippen LogP contribution >= 0.6 is 11.3 Å². The zero-order valence-electron chi connectivity index (χ0n) is 21.4. The van der Waals surface area contributed by atoms with Gasteiger partial charge in [-0.15, -0.1) is 11.3 Å². The average Bonchev–Trinajstić information content (AvgIpc) is 3.36. The van der Waals surface area contributed by atoms with Crippen LogP contribution in [0, 0.1) is 5.92 Å². The van der Waals surface area contributed by atoms with E-state index in [-0.39, 0.29) is 42.3 Å². The zero-order valence-corrected chi connectivity index (χ0v) is 23.0. The Labute approximate surface area is 219 Å². The predicted octanol–water partition coefficient (Wildman–Crippen LogP) is 3.13. The van der Waals surface area contributed by atoms with Gasteiger partial charge in [0.25, 0.3) is 5.91 Å². The van der Waals surface area contributed by atoms with Crippen molar-refractivity contribution in [3.63, 3.8) is 0 Å². The molecule has 0 radical (unpaired) electrons. The molecule has 0 aliphatic carbocycles. The molecule has 3 rings (SSSR count). The molecule has 200 valence electrons. The number of β-lactam (4-membered cyclic amide) rings is 1. The van der Waals surface area contributed by atoms with Gasteiger partial charge in [0, 0.05) is 30.0 Å². The number of carbonyl (C=O) groups excluding carboxylic acids is 4. The second kappa shape index (κ2) is 14.9. The Hall–Kier alpha value is -2.53. The number of Topliss-reactive ketones (excluding diaryl/α,β-unsaturated/α-hetero) is 1. The highest BCUT2D eigenvalue weighted by molar-refractivity contribution is 7.86. The molecule has 1 aromatic rings. The SMILES string of the molecule is CCC.CCC(C)C(=O)CCCNC(=O)OCC1=CN2C(=O)C(NC(=O)Cc3cccs3)C2S(=O)C1. The van der Waals surface area contributed by atoms with E-state index in [4.69, 9.17) is 4.74 Å². The molecule has 9 nitrogen and oxygen atoms in total. The molecular weight excluding hydrogens is 502 g/mol. The number of hydrogen-bond donors (Lipinski definition) is 2. The molecule has 0 saturated carbocycles. The minimum Gasteiger partial charge on any atom is -0.445 e. The number of hydrogen-bond acceptors (Lipinski definition) is 7. The largest absolute Gasteiger partial charge is 0.445 e. The number of thiophene rings is 1. The van der Waals surface area contributed by atoms with Crippen molar-refractivity contribution in [3.05, 3.63) is 34.2 Å². The molecule has 0 spiro atoms. The highest BCUT2D eigenvalue weighted by Gasteiger charge is 2.52. The third kappa shape index (κ3) is 8.55. The van der Waals surface area contributed by atoms with E-state index in [1.807, 2.05) is 31.4 Å². The summed E-state index contributed by atoms with van der Waals surface area (Å²) >= 11 is 1.46. The van der Waals surface area contributed by atoms with Crippen molar-refractivity contribution in [2.24, 2.45) is 5.92 Å². The Morgan fingerprint density at radius 1 is 1.28 bits per heavy atom. The molecule has 2 aliphatic heterocycles. The maximum absolute atomic E-state index is 12.7. The van der Waals surface area contributed by atoms with Gasteiger partial charge in [0.2, 0.25) is 5.91 Å². The van der Waals surface area contributed by atoms with E-state index < -0.39 is 28.3 Å². The highest BCUT2D eigenvalue weighted by Crippen LogP contribution is 2.30. The number of alkyl carbamates (subject to hydrolysis) is 1. The molecule has 11 heteroatoms. The van der Waals surface area contributed by atoms with Crippen LogP contribution in [-0.2, 0) is 36.3 Å². The fraction of sp³-hybridized carbons (Fsp3) is 0.600. The normalized spacial score (nSPS) is 21.1. The van der Waals surface area contributed by atoms with E-state index in [1.54, 1.807) is 6.20 Å². The van der Waals surface area contributed by atoms with Gasteiger partial charge in [0.05, 0.1) is 23.0 Å². The number of nitrogens with zero attached hydrogens (tertiary/aromatic N) is 1. The standard InChI is InChI=1S/C22H29N3O6S2.C3H8/c1-3-14(2)17(26)7-4-8-23-22(29)31-12-15-11-25-20(28)19(21(25)33(30)13-15)24-18(27)10-16-6-5-9-32-16;1-3-2/h5-6,9,11,14,19,21H,3-4,7-8,10,12-13H2,1-2H3,(H,23,29)(H,24,27);3H2,1-2H3. The van der Waals surface area contributed by atoms with Gasteiger partial charge in [-0.25, -0.2) is 4.79 Å². The van der Waals surface area contributed by atoms with Crippen molar-refractivity contribution in [1.29, 1.82) is 0 Å². The lowest BCUT2D eigenvalue weighted by Gasteiger charge is -2.46. The topological polar surface area (TPSA) is 122 Å². The number of amides is 3. The fourth-order valence-corrected chi connectivity index (χ4v) is 5.85.